The highest BCUT2D eigenvalue weighted by Gasteiger charge is 2.30. The Morgan fingerprint density at radius 3 is 2.84 bits per heavy atom. The molecule has 0 aromatic heterocycles. The Kier molecular flexibility index (Phi) is 9.58. The molecule has 0 aliphatic carbocycles. The summed E-state index contributed by atoms with van der Waals surface area (Å²) in [6, 6.07) is 0.589. The van der Waals surface area contributed by atoms with Gasteiger partial charge in [-0.3, -0.25) is 4.90 Å². The van der Waals surface area contributed by atoms with Crippen LogP contribution in [-0.2, 0) is 4.74 Å². The van der Waals surface area contributed by atoms with E-state index >= 15 is 0 Å². The van der Waals surface area contributed by atoms with Gasteiger partial charge in [0.1, 0.15) is 0 Å². The first-order valence-corrected chi connectivity index (χ1v) is 9.49. The lowest BCUT2D eigenvalue weighted by atomic mass is 10.00. The molecule has 19 heavy (non-hydrogen) atoms. The fourth-order valence-corrected chi connectivity index (χ4v) is 3.34. The molecule has 0 amide bonds. The first kappa shape index (κ1) is 17.6. The zero-order chi connectivity index (χ0) is 14.1. The Morgan fingerprint density at radius 1 is 1.37 bits per heavy atom. The average Bonchev–Trinajstić information content (AvgIpc) is 2.41. The van der Waals surface area contributed by atoms with Crippen LogP contribution in [0, 0.1) is 0 Å². The molecule has 1 rings (SSSR count). The monoisotopic (exact) mass is 306 g/mol. The molecule has 0 aromatic carbocycles. The van der Waals surface area contributed by atoms with Gasteiger partial charge in [0.15, 0.2) is 0 Å². The van der Waals surface area contributed by atoms with Gasteiger partial charge in [-0.25, -0.2) is 0 Å². The Labute approximate surface area is 128 Å². The fraction of sp³-hybridized carbons (Fsp3) is 1.00. The molecule has 1 fully saturated rings. The molecule has 1 heterocycles. The summed E-state index contributed by atoms with van der Waals surface area (Å²) in [5, 5.41) is 0. The van der Waals surface area contributed by atoms with E-state index in [9.17, 15) is 0 Å². The fourth-order valence-electron chi connectivity index (χ4n) is 2.62. The molecular formula is C14H30N2OS2. The molecule has 0 aromatic rings. The molecule has 1 aliphatic heterocycles. The predicted octanol–water partition coefficient (Wildman–Crippen LogP) is 2.78. The zero-order valence-electron chi connectivity index (χ0n) is 12.7. The number of rotatable bonds is 9. The molecule has 114 valence electrons. The lowest BCUT2D eigenvalue weighted by Crippen LogP contribution is -2.53. The van der Waals surface area contributed by atoms with Gasteiger partial charge in [0, 0.05) is 24.9 Å². The smallest absolute Gasteiger partial charge is 0.0857 e. The molecule has 0 N–H and O–H groups in total. The molecule has 0 radical (unpaired) electrons. The number of thiol groups is 1. The quantitative estimate of drug-likeness (QED) is 0.400. The number of hydrogen-bond donors (Lipinski definition) is 1. The van der Waals surface area contributed by atoms with Crippen molar-refractivity contribution in [1.29, 1.82) is 0 Å². The van der Waals surface area contributed by atoms with Crippen molar-refractivity contribution < 1.29 is 4.74 Å². The van der Waals surface area contributed by atoms with Crippen molar-refractivity contribution in [3.05, 3.63) is 0 Å². The molecule has 1 saturated heterocycles. The van der Waals surface area contributed by atoms with Crippen LogP contribution in [0.5, 0.6) is 0 Å². The molecule has 2 atom stereocenters. The minimum atomic E-state index is 0.378. The van der Waals surface area contributed by atoms with E-state index in [0.717, 1.165) is 26.2 Å². The van der Waals surface area contributed by atoms with Crippen molar-refractivity contribution in [2.24, 2.45) is 0 Å². The second-order valence-corrected chi connectivity index (χ2v) is 6.94. The van der Waals surface area contributed by atoms with E-state index in [4.69, 9.17) is 4.74 Å². The van der Waals surface area contributed by atoms with Crippen LogP contribution in [0.25, 0.3) is 0 Å². The van der Waals surface area contributed by atoms with Crippen LogP contribution in [0.1, 0.15) is 32.6 Å². The van der Waals surface area contributed by atoms with E-state index in [1.165, 1.54) is 31.4 Å². The second-order valence-electron chi connectivity index (χ2n) is 5.49. The summed E-state index contributed by atoms with van der Waals surface area (Å²) in [7, 11) is 6.08. The van der Waals surface area contributed by atoms with Crippen molar-refractivity contribution in [3.63, 3.8) is 0 Å². The standard InChI is InChI=1S/C14H30N2OS2/c1-4-15(2)12-14-13(16(3)9-10-17-14)8-6-5-7-11-19-18/h13-14,18H,4-12H2,1-3H3/t13-,14-/m1/s1. The number of ether oxygens (including phenoxy) is 1. The van der Waals surface area contributed by atoms with Crippen LogP contribution in [0.4, 0.5) is 0 Å². The van der Waals surface area contributed by atoms with Crippen LogP contribution in [0.15, 0.2) is 0 Å². The SMILES string of the molecule is CCN(C)C[C@H]1OCCN(C)[C@@H]1CCCCCSS. The number of nitrogens with zero attached hydrogens (tertiary/aromatic N) is 2. The molecule has 1 aliphatic rings. The van der Waals surface area contributed by atoms with Gasteiger partial charge in [-0.15, -0.1) is 11.7 Å². The lowest BCUT2D eigenvalue weighted by Gasteiger charge is -2.40. The molecule has 0 bridgehead atoms. The minimum Gasteiger partial charge on any atom is -0.374 e. The van der Waals surface area contributed by atoms with Gasteiger partial charge in [-0.05, 0) is 33.5 Å². The summed E-state index contributed by atoms with van der Waals surface area (Å²) in [6.07, 6.45) is 5.54. The predicted molar refractivity (Wildman–Crippen MR) is 89.2 cm³/mol. The maximum absolute atomic E-state index is 6.01. The Bertz CT molecular complexity index is 231. The summed E-state index contributed by atoms with van der Waals surface area (Å²) in [5.74, 6) is 1.17. The van der Waals surface area contributed by atoms with Gasteiger partial charge in [0.05, 0.1) is 12.7 Å². The van der Waals surface area contributed by atoms with Gasteiger partial charge in [0.25, 0.3) is 0 Å². The molecule has 0 unspecified atom stereocenters. The third kappa shape index (κ3) is 6.71. The summed E-state index contributed by atoms with van der Waals surface area (Å²) < 4.78 is 6.01. The van der Waals surface area contributed by atoms with E-state index in [-0.39, 0.29) is 0 Å². The largest absolute Gasteiger partial charge is 0.374 e. The molecule has 0 saturated carbocycles. The Hall–Kier alpha value is 0.580. The maximum Gasteiger partial charge on any atom is 0.0857 e. The van der Waals surface area contributed by atoms with Crippen molar-refractivity contribution >= 4 is 22.5 Å². The van der Waals surface area contributed by atoms with E-state index in [0.29, 0.717) is 12.1 Å². The summed E-state index contributed by atoms with van der Waals surface area (Å²) in [4.78, 5) is 4.85. The highest BCUT2D eigenvalue weighted by atomic mass is 33.1. The van der Waals surface area contributed by atoms with E-state index < -0.39 is 0 Å². The van der Waals surface area contributed by atoms with Gasteiger partial charge < -0.3 is 9.64 Å². The van der Waals surface area contributed by atoms with Crippen LogP contribution in [-0.4, -0.2) is 68.0 Å². The number of likely N-dealkylation sites (N-methyl/N-ethyl adjacent to an activating group) is 2. The third-order valence-corrected chi connectivity index (χ3v) is 5.06. The minimum absolute atomic E-state index is 0.378. The van der Waals surface area contributed by atoms with Crippen LogP contribution in [0.3, 0.4) is 0 Å². The van der Waals surface area contributed by atoms with Gasteiger partial charge in [0.2, 0.25) is 0 Å². The summed E-state index contributed by atoms with van der Waals surface area (Å²) in [6.45, 7) is 6.30. The molecule has 0 spiro atoms. The topological polar surface area (TPSA) is 15.7 Å². The third-order valence-electron chi connectivity index (χ3n) is 4.04. The lowest BCUT2D eigenvalue weighted by molar-refractivity contribution is -0.0742. The number of hydrogen-bond acceptors (Lipinski definition) is 5. The highest BCUT2D eigenvalue weighted by molar-refractivity contribution is 8.68. The normalized spacial score (nSPS) is 25.1. The summed E-state index contributed by atoms with van der Waals surface area (Å²) in [5.41, 5.74) is 0. The van der Waals surface area contributed by atoms with Crippen molar-refractivity contribution in [2.75, 3.05) is 46.1 Å². The number of unbranched alkanes of at least 4 members (excludes halogenated alkanes) is 2. The van der Waals surface area contributed by atoms with Crippen LogP contribution < -0.4 is 0 Å². The van der Waals surface area contributed by atoms with Crippen molar-refractivity contribution in [2.45, 2.75) is 44.8 Å². The van der Waals surface area contributed by atoms with E-state index in [2.05, 4.69) is 42.5 Å². The van der Waals surface area contributed by atoms with Gasteiger partial charge in [-0.2, -0.15) is 0 Å². The Balaban J connectivity index is 2.34. The van der Waals surface area contributed by atoms with E-state index in [1.54, 1.807) is 10.8 Å². The molecular weight excluding hydrogens is 276 g/mol. The maximum atomic E-state index is 6.01. The first-order valence-electron chi connectivity index (χ1n) is 7.45. The first-order chi connectivity index (χ1) is 9.19. The number of morpholine rings is 1. The zero-order valence-corrected chi connectivity index (χ0v) is 14.4. The Morgan fingerprint density at radius 2 is 2.16 bits per heavy atom. The van der Waals surface area contributed by atoms with Crippen LogP contribution >= 0.6 is 22.5 Å². The van der Waals surface area contributed by atoms with Crippen LogP contribution in [0.2, 0.25) is 0 Å². The molecule has 5 heteroatoms. The van der Waals surface area contributed by atoms with Crippen molar-refractivity contribution in [1.82, 2.24) is 9.80 Å². The molecule has 3 nitrogen and oxygen atoms in total. The summed E-state index contributed by atoms with van der Waals surface area (Å²) >= 11 is 4.18. The van der Waals surface area contributed by atoms with E-state index in [1.807, 2.05) is 0 Å². The second kappa shape index (κ2) is 10.3. The van der Waals surface area contributed by atoms with Gasteiger partial charge in [-0.1, -0.05) is 30.6 Å². The highest BCUT2D eigenvalue weighted by Crippen LogP contribution is 2.20. The average molecular weight is 307 g/mol. The van der Waals surface area contributed by atoms with Gasteiger partial charge >= 0.3 is 0 Å². The van der Waals surface area contributed by atoms with Crippen molar-refractivity contribution in [3.8, 4) is 0 Å².